The monoisotopic (exact) mass is 407 g/mol. The fourth-order valence-electron chi connectivity index (χ4n) is 2.45. The van der Waals surface area contributed by atoms with E-state index in [1.807, 2.05) is 0 Å². The number of rotatable bonds is 6. The van der Waals surface area contributed by atoms with Crippen molar-refractivity contribution in [2.75, 3.05) is 18.5 Å². The van der Waals surface area contributed by atoms with Crippen molar-refractivity contribution in [2.24, 2.45) is 0 Å². The van der Waals surface area contributed by atoms with Crippen LogP contribution in [0.3, 0.4) is 0 Å². The Morgan fingerprint density at radius 3 is 2.68 bits per heavy atom. The number of nitrogens with one attached hydrogen (secondary N) is 2. The van der Waals surface area contributed by atoms with Gasteiger partial charge in [-0.05, 0) is 30.3 Å². The molecule has 0 aliphatic rings. The first kappa shape index (κ1) is 19.8. The summed E-state index contributed by atoms with van der Waals surface area (Å²) in [5.74, 6) is -0.312. The molecule has 3 rings (SSSR count). The van der Waals surface area contributed by atoms with Crippen molar-refractivity contribution in [1.29, 1.82) is 0 Å². The van der Waals surface area contributed by atoms with Crippen LogP contribution in [0.15, 0.2) is 53.9 Å². The molecule has 1 amide bonds. The highest BCUT2D eigenvalue weighted by Crippen LogP contribution is 2.32. The first-order valence-corrected chi connectivity index (χ1v) is 9.14. The number of benzene rings is 2. The number of aromatic nitrogens is 1. The van der Waals surface area contributed by atoms with Gasteiger partial charge < -0.3 is 15.7 Å². The molecule has 0 bridgehead atoms. The number of carbonyl (C=O) groups excluding carboxylic acids is 1. The van der Waals surface area contributed by atoms with Gasteiger partial charge in [-0.25, -0.2) is 4.98 Å². The van der Waals surface area contributed by atoms with Crippen LogP contribution in [0, 0.1) is 0 Å². The molecule has 3 aromatic rings. The average molecular weight is 407 g/mol. The quantitative estimate of drug-likeness (QED) is 0.570. The van der Waals surface area contributed by atoms with E-state index in [-0.39, 0.29) is 24.7 Å². The fourth-order valence-corrected chi connectivity index (χ4v) is 3.19. The molecule has 0 saturated heterocycles. The Hall–Kier alpha value is -2.91. The van der Waals surface area contributed by atoms with Crippen molar-refractivity contribution in [3.63, 3.8) is 0 Å². The molecule has 0 aliphatic carbocycles. The Bertz CT molecular complexity index is 973. The maximum absolute atomic E-state index is 12.8. The van der Waals surface area contributed by atoms with Gasteiger partial charge in [0.05, 0.1) is 17.9 Å². The number of amides is 1. The Kier molecular flexibility index (Phi) is 5.96. The van der Waals surface area contributed by atoms with Crippen LogP contribution in [0.25, 0.3) is 11.3 Å². The standard InChI is InChI=1S/C19H16F3N3O2S/c20-19(21,22)14-5-2-6-15(10-14)24-18-25-16(11-28-18)12-3-1-4-13(9-12)17(27)23-7-8-26/h1-6,9-11,26H,7-8H2,(H,23,27)(H,24,25). The number of carbonyl (C=O) groups is 1. The number of nitrogens with zero attached hydrogens (tertiary/aromatic N) is 1. The zero-order valence-electron chi connectivity index (χ0n) is 14.5. The van der Waals surface area contributed by atoms with E-state index < -0.39 is 11.7 Å². The number of hydrogen-bond acceptors (Lipinski definition) is 5. The van der Waals surface area contributed by atoms with Crippen molar-refractivity contribution in [2.45, 2.75) is 6.18 Å². The summed E-state index contributed by atoms with van der Waals surface area (Å²) in [4.78, 5) is 16.4. The molecule has 0 fully saturated rings. The molecule has 1 heterocycles. The SMILES string of the molecule is O=C(NCCO)c1cccc(-c2csc(Nc3cccc(C(F)(F)F)c3)n2)c1. The van der Waals surface area contributed by atoms with Crippen LogP contribution >= 0.6 is 11.3 Å². The molecule has 0 aliphatic heterocycles. The van der Waals surface area contributed by atoms with E-state index in [1.54, 1.807) is 29.6 Å². The van der Waals surface area contributed by atoms with E-state index in [4.69, 9.17) is 5.11 Å². The number of aliphatic hydroxyl groups is 1. The summed E-state index contributed by atoms with van der Waals surface area (Å²) in [6.07, 6.45) is -4.41. The summed E-state index contributed by atoms with van der Waals surface area (Å²) in [5, 5.41) is 16.4. The van der Waals surface area contributed by atoms with E-state index >= 15 is 0 Å². The van der Waals surface area contributed by atoms with E-state index in [0.717, 1.165) is 12.1 Å². The number of aliphatic hydroxyl groups excluding tert-OH is 1. The highest BCUT2D eigenvalue weighted by atomic mass is 32.1. The zero-order valence-corrected chi connectivity index (χ0v) is 15.3. The second-order valence-corrected chi connectivity index (χ2v) is 6.66. The third-order valence-electron chi connectivity index (χ3n) is 3.76. The minimum absolute atomic E-state index is 0.151. The van der Waals surface area contributed by atoms with Crippen molar-refractivity contribution in [1.82, 2.24) is 10.3 Å². The summed E-state index contributed by atoms with van der Waals surface area (Å²) < 4.78 is 38.5. The molecule has 2 aromatic carbocycles. The lowest BCUT2D eigenvalue weighted by atomic mass is 10.1. The molecule has 0 radical (unpaired) electrons. The Morgan fingerprint density at radius 1 is 1.14 bits per heavy atom. The van der Waals surface area contributed by atoms with Crippen molar-refractivity contribution >= 4 is 28.1 Å². The topological polar surface area (TPSA) is 74.2 Å². The van der Waals surface area contributed by atoms with E-state index in [9.17, 15) is 18.0 Å². The maximum Gasteiger partial charge on any atom is 0.416 e. The highest BCUT2D eigenvalue weighted by Gasteiger charge is 2.30. The molecule has 5 nitrogen and oxygen atoms in total. The summed E-state index contributed by atoms with van der Waals surface area (Å²) in [6.45, 7) is 0.00685. The van der Waals surface area contributed by atoms with Gasteiger partial charge in [-0.1, -0.05) is 18.2 Å². The van der Waals surface area contributed by atoms with Gasteiger partial charge in [0.1, 0.15) is 0 Å². The van der Waals surface area contributed by atoms with Gasteiger partial charge in [0.25, 0.3) is 5.91 Å². The van der Waals surface area contributed by atoms with Gasteiger partial charge in [-0.15, -0.1) is 11.3 Å². The summed E-state index contributed by atoms with van der Waals surface area (Å²) >= 11 is 1.24. The number of hydrogen-bond donors (Lipinski definition) is 3. The second-order valence-electron chi connectivity index (χ2n) is 5.80. The van der Waals surface area contributed by atoms with E-state index in [0.29, 0.717) is 22.0 Å². The highest BCUT2D eigenvalue weighted by molar-refractivity contribution is 7.14. The van der Waals surface area contributed by atoms with Gasteiger partial charge in [0.15, 0.2) is 5.13 Å². The zero-order chi connectivity index (χ0) is 20.1. The molecule has 3 N–H and O–H groups in total. The Labute approximate surface area is 162 Å². The number of halogens is 3. The second kappa shape index (κ2) is 8.41. The minimum Gasteiger partial charge on any atom is -0.395 e. The third kappa shape index (κ3) is 4.87. The molecule has 0 atom stereocenters. The number of anilines is 2. The van der Waals surface area contributed by atoms with Gasteiger partial charge >= 0.3 is 6.18 Å². The summed E-state index contributed by atoms with van der Waals surface area (Å²) in [7, 11) is 0. The van der Waals surface area contributed by atoms with Gasteiger partial charge in [0.2, 0.25) is 0 Å². The largest absolute Gasteiger partial charge is 0.416 e. The van der Waals surface area contributed by atoms with Crippen LogP contribution in [0.1, 0.15) is 15.9 Å². The lowest BCUT2D eigenvalue weighted by Gasteiger charge is -2.09. The molecular formula is C19H16F3N3O2S. The predicted molar refractivity (Wildman–Crippen MR) is 102 cm³/mol. The van der Waals surface area contributed by atoms with Gasteiger partial charge in [-0.2, -0.15) is 13.2 Å². The molecular weight excluding hydrogens is 391 g/mol. The van der Waals surface area contributed by atoms with E-state index in [2.05, 4.69) is 15.6 Å². The Balaban J connectivity index is 1.77. The number of alkyl halides is 3. The van der Waals surface area contributed by atoms with Crippen LogP contribution in [0.5, 0.6) is 0 Å². The molecule has 9 heteroatoms. The first-order chi connectivity index (χ1) is 13.4. The summed E-state index contributed by atoms with van der Waals surface area (Å²) in [6, 6.07) is 11.7. The lowest BCUT2D eigenvalue weighted by Crippen LogP contribution is -2.26. The molecule has 0 saturated carbocycles. The Morgan fingerprint density at radius 2 is 1.93 bits per heavy atom. The molecule has 0 spiro atoms. The average Bonchev–Trinajstić information content (AvgIpc) is 3.14. The fraction of sp³-hybridized carbons (Fsp3) is 0.158. The predicted octanol–water partition coefficient (Wildman–Crippen LogP) is 4.29. The molecule has 146 valence electrons. The lowest BCUT2D eigenvalue weighted by molar-refractivity contribution is -0.137. The van der Waals surface area contributed by atoms with E-state index in [1.165, 1.54) is 23.5 Å². The summed E-state index contributed by atoms with van der Waals surface area (Å²) in [5.41, 5.74) is 1.26. The van der Waals surface area contributed by atoms with Gasteiger partial charge in [-0.3, -0.25) is 4.79 Å². The molecule has 28 heavy (non-hydrogen) atoms. The van der Waals surface area contributed by atoms with Crippen LogP contribution in [-0.4, -0.2) is 29.1 Å². The van der Waals surface area contributed by atoms with Crippen molar-refractivity contribution in [3.05, 3.63) is 65.0 Å². The number of thiazole rings is 1. The molecule has 0 unspecified atom stereocenters. The normalized spacial score (nSPS) is 11.3. The maximum atomic E-state index is 12.8. The minimum atomic E-state index is -4.41. The van der Waals surface area contributed by atoms with Crippen molar-refractivity contribution in [3.8, 4) is 11.3 Å². The smallest absolute Gasteiger partial charge is 0.395 e. The van der Waals surface area contributed by atoms with Crippen LogP contribution in [-0.2, 0) is 6.18 Å². The van der Waals surface area contributed by atoms with Crippen LogP contribution in [0.4, 0.5) is 24.0 Å². The van der Waals surface area contributed by atoms with Crippen LogP contribution in [0.2, 0.25) is 0 Å². The third-order valence-corrected chi connectivity index (χ3v) is 4.52. The first-order valence-electron chi connectivity index (χ1n) is 8.26. The molecule has 1 aromatic heterocycles. The van der Waals surface area contributed by atoms with Gasteiger partial charge in [0, 0.05) is 28.7 Å². The van der Waals surface area contributed by atoms with Crippen LogP contribution < -0.4 is 10.6 Å². The van der Waals surface area contributed by atoms with Crippen molar-refractivity contribution < 1.29 is 23.1 Å².